The van der Waals surface area contributed by atoms with Crippen molar-refractivity contribution in [1.82, 2.24) is 10.2 Å². The van der Waals surface area contributed by atoms with Crippen molar-refractivity contribution in [2.75, 3.05) is 33.4 Å². The number of Topliss-reactive ketones (excluding diaryl/α,β-unsaturated/α-hetero) is 1. The molecule has 2 rings (SSSR count). The van der Waals surface area contributed by atoms with E-state index >= 15 is 0 Å². The highest BCUT2D eigenvalue weighted by Crippen LogP contribution is 2.14. The van der Waals surface area contributed by atoms with Gasteiger partial charge in [-0.05, 0) is 12.8 Å². The summed E-state index contributed by atoms with van der Waals surface area (Å²) < 4.78 is 4.99. The van der Waals surface area contributed by atoms with E-state index in [-0.39, 0.29) is 17.5 Å². The van der Waals surface area contributed by atoms with E-state index < -0.39 is 12.1 Å². The van der Waals surface area contributed by atoms with E-state index in [4.69, 9.17) is 15.9 Å². The minimum atomic E-state index is -1.01. The maximum atomic E-state index is 12.9. The Balaban J connectivity index is 2.15. The number of carbonyl (C=O) groups excluding carboxylic acids is 2. The number of nitrogens with zero attached hydrogens (tertiary/aromatic N) is 1. The van der Waals surface area contributed by atoms with Gasteiger partial charge in [0.15, 0.2) is 11.8 Å². The first-order chi connectivity index (χ1) is 12.4. The number of nitrogens with one attached hydrogen (secondary N) is 2. The summed E-state index contributed by atoms with van der Waals surface area (Å²) in [6.45, 7) is 1.59. The number of aliphatic hydroxyl groups excluding tert-OH is 1. The second-order valence-corrected chi connectivity index (χ2v) is 6.29. The number of aliphatic hydroxyl groups is 1. The van der Waals surface area contributed by atoms with Gasteiger partial charge in [-0.2, -0.15) is 0 Å². The molecule has 1 aromatic carbocycles. The van der Waals surface area contributed by atoms with Crippen LogP contribution in [0.2, 0.25) is 0 Å². The molecule has 1 fully saturated rings. The van der Waals surface area contributed by atoms with Crippen LogP contribution in [0.5, 0.6) is 0 Å². The van der Waals surface area contributed by atoms with Crippen LogP contribution >= 0.6 is 0 Å². The number of nitrogens with two attached hydrogens (primary N) is 1. The maximum Gasteiger partial charge on any atom is 0.247 e. The number of rotatable bonds is 8. The van der Waals surface area contributed by atoms with Crippen molar-refractivity contribution < 1.29 is 19.4 Å². The predicted molar refractivity (Wildman–Crippen MR) is 97.3 cm³/mol. The fourth-order valence-electron chi connectivity index (χ4n) is 2.85. The van der Waals surface area contributed by atoms with Gasteiger partial charge in [-0.3, -0.25) is 20.3 Å². The molecule has 8 heteroatoms. The van der Waals surface area contributed by atoms with Crippen LogP contribution in [0.4, 0.5) is 0 Å². The molecule has 1 heterocycles. The SMILES string of the molecule is COCCNC(C(=O)c1ccc(C(=N)N)cc1)C(=O)N1CCC(O)CC1. The molecule has 1 amide bonds. The molecule has 0 aromatic heterocycles. The quantitative estimate of drug-likeness (QED) is 0.166. The van der Waals surface area contributed by atoms with Gasteiger partial charge in [-0.15, -0.1) is 0 Å². The summed E-state index contributed by atoms with van der Waals surface area (Å²) in [6.07, 6.45) is 0.629. The van der Waals surface area contributed by atoms with Gasteiger partial charge in [0, 0.05) is 37.9 Å². The van der Waals surface area contributed by atoms with E-state index in [1.165, 1.54) is 0 Å². The van der Waals surface area contributed by atoms with Crippen LogP contribution in [0.15, 0.2) is 24.3 Å². The van der Waals surface area contributed by atoms with Gasteiger partial charge in [0.25, 0.3) is 0 Å². The highest BCUT2D eigenvalue weighted by molar-refractivity contribution is 6.13. The van der Waals surface area contributed by atoms with Gasteiger partial charge in [-0.25, -0.2) is 0 Å². The number of amidine groups is 1. The first kappa shape index (κ1) is 20.0. The highest BCUT2D eigenvalue weighted by Gasteiger charge is 2.32. The lowest BCUT2D eigenvalue weighted by molar-refractivity contribution is -0.134. The standard InChI is InChI=1S/C18H26N4O4/c1-26-11-8-21-15(18(25)22-9-6-14(23)7-10-22)16(24)12-2-4-13(5-3-12)17(19)20/h2-5,14-15,21,23H,6-11H2,1H3,(H3,19,20). The van der Waals surface area contributed by atoms with Gasteiger partial charge < -0.3 is 20.5 Å². The largest absolute Gasteiger partial charge is 0.393 e. The summed E-state index contributed by atoms with van der Waals surface area (Å²) in [4.78, 5) is 27.3. The molecule has 0 radical (unpaired) electrons. The van der Waals surface area contributed by atoms with Crippen molar-refractivity contribution in [2.45, 2.75) is 25.0 Å². The second kappa shape index (κ2) is 9.42. The zero-order chi connectivity index (χ0) is 19.1. The first-order valence-corrected chi connectivity index (χ1v) is 8.62. The predicted octanol–water partition coefficient (Wildman–Crippen LogP) is -0.259. The number of methoxy groups -OCH3 is 1. The second-order valence-electron chi connectivity index (χ2n) is 6.29. The fourth-order valence-corrected chi connectivity index (χ4v) is 2.85. The van der Waals surface area contributed by atoms with Crippen molar-refractivity contribution in [3.8, 4) is 0 Å². The number of ether oxygens (including phenoxy) is 1. The Morgan fingerprint density at radius 1 is 1.31 bits per heavy atom. The first-order valence-electron chi connectivity index (χ1n) is 8.62. The molecular formula is C18H26N4O4. The van der Waals surface area contributed by atoms with Crippen molar-refractivity contribution in [3.63, 3.8) is 0 Å². The average Bonchev–Trinajstić information content (AvgIpc) is 2.65. The van der Waals surface area contributed by atoms with Crippen molar-refractivity contribution in [1.29, 1.82) is 5.41 Å². The molecular weight excluding hydrogens is 336 g/mol. The third-order valence-electron chi connectivity index (χ3n) is 4.42. The van der Waals surface area contributed by atoms with E-state index in [1.54, 1.807) is 36.3 Å². The third kappa shape index (κ3) is 5.10. The van der Waals surface area contributed by atoms with E-state index in [0.717, 1.165) is 0 Å². The van der Waals surface area contributed by atoms with E-state index in [1.807, 2.05) is 0 Å². The number of ketones is 1. The third-order valence-corrected chi connectivity index (χ3v) is 4.42. The Kier molecular flexibility index (Phi) is 7.26. The number of hydrogen-bond donors (Lipinski definition) is 4. The lowest BCUT2D eigenvalue weighted by atomic mass is 9.99. The van der Waals surface area contributed by atoms with Gasteiger partial charge in [0.05, 0.1) is 12.7 Å². The van der Waals surface area contributed by atoms with Crippen LogP contribution in [0.3, 0.4) is 0 Å². The van der Waals surface area contributed by atoms with Crippen molar-refractivity contribution >= 4 is 17.5 Å². The molecule has 0 bridgehead atoms. The number of nitrogen functional groups attached to an aromatic ring is 1. The molecule has 1 atom stereocenters. The minimum absolute atomic E-state index is 0.0817. The highest BCUT2D eigenvalue weighted by atomic mass is 16.5. The number of hydrogen-bond acceptors (Lipinski definition) is 6. The molecule has 142 valence electrons. The Morgan fingerprint density at radius 2 is 1.88 bits per heavy atom. The van der Waals surface area contributed by atoms with Crippen LogP contribution in [-0.4, -0.2) is 73.0 Å². The summed E-state index contributed by atoms with van der Waals surface area (Å²) in [6, 6.07) is 5.30. The van der Waals surface area contributed by atoms with Gasteiger partial charge >= 0.3 is 0 Å². The zero-order valence-corrected chi connectivity index (χ0v) is 14.9. The molecule has 1 saturated heterocycles. The lowest BCUT2D eigenvalue weighted by Crippen LogP contribution is -2.53. The summed E-state index contributed by atoms with van der Waals surface area (Å²) in [5, 5.41) is 20.0. The number of piperidine rings is 1. The average molecular weight is 362 g/mol. The van der Waals surface area contributed by atoms with Crippen LogP contribution < -0.4 is 11.1 Å². The molecule has 0 saturated carbocycles. The molecule has 1 aliphatic rings. The normalized spacial score (nSPS) is 16.3. The smallest absolute Gasteiger partial charge is 0.247 e. The lowest BCUT2D eigenvalue weighted by Gasteiger charge is -2.32. The Hall–Kier alpha value is -2.29. The summed E-state index contributed by atoms with van der Waals surface area (Å²) >= 11 is 0. The van der Waals surface area contributed by atoms with Crippen LogP contribution in [0.25, 0.3) is 0 Å². The zero-order valence-electron chi connectivity index (χ0n) is 14.9. The number of amides is 1. The number of likely N-dealkylation sites (tertiary alicyclic amines) is 1. The van der Waals surface area contributed by atoms with Crippen LogP contribution in [0, 0.1) is 5.41 Å². The Morgan fingerprint density at radius 3 is 2.42 bits per heavy atom. The topological polar surface area (TPSA) is 129 Å². The Labute approximate surface area is 152 Å². The molecule has 8 nitrogen and oxygen atoms in total. The monoisotopic (exact) mass is 362 g/mol. The molecule has 0 spiro atoms. The minimum Gasteiger partial charge on any atom is -0.393 e. The molecule has 5 N–H and O–H groups in total. The van der Waals surface area contributed by atoms with Gasteiger partial charge in [0.1, 0.15) is 5.84 Å². The van der Waals surface area contributed by atoms with Crippen LogP contribution in [-0.2, 0) is 9.53 Å². The number of carbonyl (C=O) groups is 2. The molecule has 26 heavy (non-hydrogen) atoms. The van der Waals surface area contributed by atoms with E-state index in [2.05, 4.69) is 5.32 Å². The van der Waals surface area contributed by atoms with Gasteiger partial charge in [0.2, 0.25) is 5.91 Å². The maximum absolute atomic E-state index is 12.9. The Bertz CT molecular complexity index is 639. The molecule has 1 aliphatic heterocycles. The summed E-state index contributed by atoms with van der Waals surface area (Å²) in [5.74, 6) is -0.720. The van der Waals surface area contributed by atoms with Crippen LogP contribution in [0.1, 0.15) is 28.8 Å². The van der Waals surface area contributed by atoms with Gasteiger partial charge in [-0.1, -0.05) is 24.3 Å². The fraction of sp³-hybridized carbons (Fsp3) is 0.500. The number of benzene rings is 1. The molecule has 0 aliphatic carbocycles. The van der Waals surface area contributed by atoms with Crippen molar-refractivity contribution in [2.24, 2.45) is 5.73 Å². The van der Waals surface area contributed by atoms with Crippen molar-refractivity contribution in [3.05, 3.63) is 35.4 Å². The van der Waals surface area contributed by atoms with E-state index in [0.29, 0.717) is 50.2 Å². The summed E-state index contributed by atoms with van der Waals surface area (Å²) in [5.41, 5.74) is 6.31. The molecule has 1 aromatic rings. The van der Waals surface area contributed by atoms with E-state index in [9.17, 15) is 14.7 Å². The summed E-state index contributed by atoms with van der Waals surface area (Å²) in [7, 11) is 1.55. The molecule has 1 unspecified atom stereocenters.